The fraction of sp³-hybridized carbons (Fsp3) is 0.304. The number of Topliss-reactive ketones (excluding diaryl/α,β-unsaturated/α-hetero) is 1. The Morgan fingerprint density at radius 1 is 1.09 bits per heavy atom. The Balaban J connectivity index is 1.38. The summed E-state index contributed by atoms with van der Waals surface area (Å²) in [4.78, 5) is 39.9. The van der Waals surface area contributed by atoms with Crippen molar-refractivity contribution in [2.24, 2.45) is 0 Å². The van der Waals surface area contributed by atoms with Gasteiger partial charge in [-0.15, -0.1) is 5.10 Å². The lowest BCUT2D eigenvalue weighted by Gasteiger charge is -2.22. The van der Waals surface area contributed by atoms with Gasteiger partial charge in [-0.05, 0) is 77.9 Å². The number of tetrazole rings is 1. The van der Waals surface area contributed by atoms with Crippen molar-refractivity contribution in [3.8, 4) is 5.69 Å². The number of ketones is 1. The molecule has 2 aromatic carbocycles. The molecule has 1 aliphatic heterocycles. The van der Waals surface area contributed by atoms with Gasteiger partial charge in [-0.3, -0.25) is 14.5 Å². The van der Waals surface area contributed by atoms with Gasteiger partial charge >= 0.3 is 6.03 Å². The maximum atomic E-state index is 13.3. The second-order valence-electron chi connectivity index (χ2n) is 8.36. The van der Waals surface area contributed by atoms with Crippen LogP contribution in [0.4, 0.5) is 4.79 Å². The van der Waals surface area contributed by atoms with E-state index in [9.17, 15) is 14.4 Å². The van der Waals surface area contributed by atoms with Gasteiger partial charge in [-0.2, -0.15) is 0 Å². The number of nitrogens with zero attached hydrogens (tertiary/aromatic N) is 5. The lowest BCUT2D eigenvalue weighted by atomic mass is 9.89. The van der Waals surface area contributed by atoms with E-state index < -0.39 is 17.5 Å². The van der Waals surface area contributed by atoms with Crippen LogP contribution in [0.1, 0.15) is 46.8 Å². The molecule has 1 unspecified atom stereocenters. The molecule has 32 heavy (non-hydrogen) atoms. The van der Waals surface area contributed by atoms with Gasteiger partial charge in [0.2, 0.25) is 0 Å². The topological polar surface area (TPSA) is 110 Å². The minimum absolute atomic E-state index is 0.256. The van der Waals surface area contributed by atoms with Crippen LogP contribution in [0.15, 0.2) is 48.8 Å². The minimum atomic E-state index is -1.29. The van der Waals surface area contributed by atoms with E-state index in [0.717, 1.165) is 30.6 Å². The molecule has 0 spiro atoms. The first-order valence-electron chi connectivity index (χ1n) is 10.6. The van der Waals surface area contributed by atoms with Crippen molar-refractivity contribution in [1.29, 1.82) is 0 Å². The minimum Gasteiger partial charge on any atom is -0.319 e. The molecule has 3 aromatic rings. The number of benzene rings is 2. The third kappa shape index (κ3) is 3.35. The summed E-state index contributed by atoms with van der Waals surface area (Å²) in [6, 6.07) is 12.1. The number of aromatic nitrogens is 4. The molecule has 162 valence electrons. The predicted octanol–water partition coefficient (Wildman–Crippen LogP) is 2.19. The normalized spacial score (nSPS) is 20.2. The number of carbonyl (C=O) groups is 3. The molecule has 2 heterocycles. The first-order chi connectivity index (χ1) is 15.5. The molecule has 1 saturated heterocycles. The molecule has 1 fully saturated rings. The van der Waals surface area contributed by atoms with Gasteiger partial charge in [-0.25, -0.2) is 9.48 Å². The molecule has 9 heteroatoms. The Morgan fingerprint density at radius 2 is 1.91 bits per heavy atom. The van der Waals surface area contributed by atoms with Crippen LogP contribution in [-0.2, 0) is 23.2 Å². The van der Waals surface area contributed by atoms with Crippen LogP contribution >= 0.6 is 0 Å². The van der Waals surface area contributed by atoms with Gasteiger partial charge < -0.3 is 5.32 Å². The number of fused-ring (bicyclic) bond motifs is 1. The quantitative estimate of drug-likeness (QED) is 0.491. The van der Waals surface area contributed by atoms with Gasteiger partial charge in [0, 0.05) is 5.56 Å². The second-order valence-corrected chi connectivity index (χ2v) is 8.36. The van der Waals surface area contributed by atoms with Crippen molar-refractivity contribution in [3.05, 3.63) is 71.0 Å². The standard InChI is InChI=1S/C23H22N6O3/c1-23(18-7-4-8-19(12-18)29-14-24-26-27-29)21(31)28(22(32)25-23)13-20(30)17-10-9-15-5-2-3-6-16(15)11-17/h4,7-12,14H,2-3,5-6,13H2,1H3,(H,25,32). The lowest BCUT2D eigenvalue weighted by Crippen LogP contribution is -2.41. The third-order valence-electron chi connectivity index (χ3n) is 6.28. The number of carbonyl (C=O) groups excluding carboxylic acids is 3. The van der Waals surface area contributed by atoms with Gasteiger partial charge in [0.1, 0.15) is 11.9 Å². The smallest absolute Gasteiger partial charge is 0.319 e. The van der Waals surface area contributed by atoms with Crippen molar-refractivity contribution in [3.63, 3.8) is 0 Å². The highest BCUT2D eigenvalue weighted by atomic mass is 16.2. The number of urea groups is 1. The fourth-order valence-electron chi connectivity index (χ4n) is 4.42. The molecule has 1 aromatic heterocycles. The van der Waals surface area contributed by atoms with Gasteiger partial charge in [0.15, 0.2) is 5.78 Å². The molecular formula is C23H22N6O3. The van der Waals surface area contributed by atoms with Crippen molar-refractivity contribution in [1.82, 2.24) is 30.4 Å². The van der Waals surface area contributed by atoms with E-state index in [1.54, 1.807) is 37.3 Å². The Labute approximate surface area is 184 Å². The zero-order valence-electron chi connectivity index (χ0n) is 17.6. The zero-order chi connectivity index (χ0) is 22.3. The van der Waals surface area contributed by atoms with E-state index in [0.29, 0.717) is 16.8 Å². The molecule has 1 aliphatic carbocycles. The summed E-state index contributed by atoms with van der Waals surface area (Å²) in [5.41, 5.74) is 2.92. The van der Waals surface area contributed by atoms with E-state index in [4.69, 9.17) is 0 Å². The average molecular weight is 430 g/mol. The second kappa shape index (κ2) is 7.67. The van der Waals surface area contributed by atoms with E-state index in [1.165, 1.54) is 22.1 Å². The number of hydrogen-bond acceptors (Lipinski definition) is 6. The summed E-state index contributed by atoms with van der Waals surface area (Å²) in [5.74, 6) is -0.726. The summed E-state index contributed by atoms with van der Waals surface area (Å²) < 4.78 is 1.46. The van der Waals surface area contributed by atoms with Crippen molar-refractivity contribution < 1.29 is 14.4 Å². The predicted molar refractivity (Wildman–Crippen MR) is 114 cm³/mol. The number of amides is 3. The van der Waals surface area contributed by atoms with Gasteiger partial charge in [0.25, 0.3) is 5.91 Å². The molecule has 3 amide bonds. The van der Waals surface area contributed by atoms with Crippen LogP contribution in [0.5, 0.6) is 0 Å². The van der Waals surface area contributed by atoms with Crippen LogP contribution in [0, 0.1) is 0 Å². The first-order valence-corrected chi connectivity index (χ1v) is 10.6. The average Bonchev–Trinajstić information content (AvgIpc) is 3.43. The zero-order valence-corrected chi connectivity index (χ0v) is 17.6. The Kier molecular flexibility index (Phi) is 4.80. The number of rotatable bonds is 5. The summed E-state index contributed by atoms with van der Waals surface area (Å²) in [7, 11) is 0. The van der Waals surface area contributed by atoms with Crippen LogP contribution in [-0.4, -0.2) is 49.4 Å². The highest BCUT2D eigenvalue weighted by Crippen LogP contribution is 2.30. The molecule has 9 nitrogen and oxygen atoms in total. The highest BCUT2D eigenvalue weighted by molar-refractivity contribution is 6.11. The van der Waals surface area contributed by atoms with Crippen LogP contribution < -0.4 is 5.32 Å². The molecule has 0 saturated carbocycles. The lowest BCUT2D eigenvalue weighted by molar-refractivity contribution is -0.130. The fourth-order valence-corrected chi connectivity index (χ4v) is 4.42. The summed E-state index contributed by atoms with van der Waals surface area (Å²) >= 11 is 0. The van der Waals surface area contributed by atoms with Crippen LogP contribution in [0.3, 0.4) is 0 Å². The number of nitrogens with one attached hydrogen (secondary N) is 1. The Bertz CT molecular complexity index is 1220. The maximum absolute atomic E-state index is 13.3. The van der Waals surface area contributed by atoms with Crippen molar-refractivity contribution >= 4 is 17.7 Å². The summed E-state index contributed by atoms with van der Waals surface area (Å²) in [6.07, 6.45) is 5.70. The molecule has 2 aliphatic rings. The monoisotopic (exact) mass is 430 g/mol. The van der Waals surface area contributed by atoms with Crippen LogP contribution in [0.2, 0.25) is 0 Å². The molecule has 0 radical (unpaired) electrons. The number of imide groups is 1. The largest absolute Gasteiger partial charge is 0.325 e. The summed E-state index contributed by atoms with van der Waals surface area (Å²) in [6.45, 7) is 1.33. The van der Waals surface area contributed by atoms with E-state index in [1.807, 2.05) is 12.1 Å². The Hall–Kier alpha value is -3.88. The van der Waals surface area contributed by atoms with E-state index in [-0.39, 0.29) is 12.3 Å². The number of hydrogen-bond donors (Lipinski definition) is 1. The van der Waals surface area contributed by atoms with Crippen molar-refractivity contribution in [2.45, 2.75) is 38.1 Å². The molecule has 1 atom stereocenters. The van der Waals surface area contributed by atoms with E-state index >= 15 is 0 Å². The summed E-state index contributed by atoms with van der Waals surface area (Å²) in [5, 5.41) is 13.8. The molecule has 0 bridgehead atoms. The van der Waals surface area contributed by atoms with Crippen molar-refractivity contribution in [2.75, 3.05) is 6.54 Å². The highest BCUT2D eigenvalue weighted by Gasteiger charge is 2.49. The molecule has 5 rings (SSSR count). The third-order valence-corrected chi connectivity index (χ3v) is 6.28. The Morgan fingerprint density at radius 3 is 2.69 bits per heavy atom. The molecule has 1 N–H and O–H groups in total. The SMILES string of the molecule is CC1(c2cccc(-n3cnnn3)c2)NC(=O)N(CC(=O)c2ccc3c(c2)CCCC3)C1=O. The number of aryl methyl sites for hydroxylation is 2. The van der Waals surface area contributed by atoms with Gasteiger partial charge in [-0.1, -0.05) is 24.3 Å². The maximum Gasteiger partial charge on any atom is 0.325 e. The first kappa shape index (κ1) is 20.0. The van der Waals surface area contributed by atoms with Crippen LogP contribution in [0.25, 0.3) is 5.69 Å². The van der Waals surface area contributed by atoms with Gasteiger partial charge in [0.05, 0.1) is 12.2 Å². The van der Waals surface area contributed by atoms with E-state index in [2.05, 4.69) is 20.8 Å². The molecular weight excluding hydrogens is 408 g/mol.